The topological polar surface area (TPSA) is 45.5 Å². The van der Waals surface area contributed by atoms with E-state index in [1.54, 1.807) is 17.6 Å². The summed E-state index contributed by atoms with van der Waals surface area (Å²) in [4.78, 5) is 10.2. The van der Waals surface area contributed by atoms with E-state index in [9.17, 15) is 5.11 Å². The highest BCUT2D eigenvalue weighted by molar-refractivity contribution is 7.21. The number of phenolic OH excluding ortho intramolecular Hbond substituents is 1. The van der Waals surface area contributed by atoms with Crippen LogP contribution >= 0.6 is 11.3 Å². The second kappa shape index (κ2) is 12.2. The van der Waals surface area contributed by atoms with Gasteiger partial charge in [-0.05, 0) is 80.3 Å². The third kappa shape index (κ3) is 6.16. The van der Waals surface area contributed by atoms with Crippen LogP contribution in [0.5, 0.6) is 5.75 Å². The SMILES string of the molecule is CC(C)(C)c1cc(C=Nc2ccccc2-c2nc3c(-c4ccc5cc(-c6ccccc6)ccc5c4)cccc3s2)c(O)c(C(C)(C)C)c1. The van der Waals surface area contributed by atoms with E-state index in [0.29, 0.717) is 0 Å². The highest BCUT2D eigenvalue weighted by Crippen LogP contribution is 2.41. The zero-order chi connectivity index (χ0) is 33.6. The van der Waals surface area contributed by atoms with Crippen LogP contribution in [0.4, 0.5) is 5.69 Å². The maximum Gasteiger partial charge on any atom is 0.128 e. The van der Waals surface area contributed by atoms with Crippen LogP contribution in [0, 0.1) is 0 Å². The molecule has 7 rings (SSSR count). The molecule has 0 amide bonds. The van der Waals surface area contributed by atoms with Gasteiger partial charge >= 0.3 is 0 Å². The summed E-state index contributed by atoms with van der Waals surface area (Å²) in [5, 5.41) is 14.7. The van der Waals surface area contributed by atoms with Crippen LogP contribution in [-0.2, 0) is 10.8 Å². The number of rotatable bonds is 5. The van der Waals surface area contributed by atoms with Gasteiger partial charge in [-0.25, -0.2) is 4.98 Å². The van der Waals surface area contributed by atoms with E-state index in [-0.39, 0.29) is 16.6 Å². The number of fused-ring (bicyclic) bond motifs is 2. The van der Waals surface area contributed by atoms with Gasteiger partial charge in [-0.3, -0.25) is 4.99 Å². The van der Waals surface area contributed by atoms with Crippen molar-refractivity contribution in [2.75, 3.05) is 0 Å². The van der Waals surface area contributed by atoms with E-state index in [1.165, 1.54) is 27.5 Å². The van der Waals surface area contributed by atoms with Gasteiger partial charge in [-0.1, -0.05) is 126 Å². The fourth-order valence-electron chi connectivity index (χ4n) is 6.19. The standard InChI is InChI=1S/C44H40N2OS/c1-43(2,3)34-25-33(41(47)37(26-34)44(4,5)6)27-45-38-17-11-10-15-36(38)42-46-40-35(16-12-18-39(40)48-42)32-22-21-30-23-29(19-20-31(30)24-32)28-13-8-7-9-14-28/h7-27,47H,1-6H3. The van der Waals surface area contributed by atoms with E-state index in [4.69, 9.17) is 9.98 Å². The van der Waals surface area contributed by atoms with Crippen molar-refractivity contribution in [1.29, 1.82) is 0 Å². The summed E-state index contributed by atoms with van der Waals surface area (Å²) in [5.41, 5.74) is 10.0. The Morgan fingerprint density at radius 1 is 0.625 bits per heavy atom. The predicted molar refractivity (Wildman–Crippen MR) is 206 cm³/mol. The van der Waals surface area contributed by atoms with E-state index in [0.717, 1.165) is 48.7 Å². The minimum Gasteiger partial charge on any atom is -0.507 e. The molecule has 238 valence electrons. The normalized spacial score (nSPS) is 12.4. The molecule has 0 spiro atoms. The van der Waals surface area contributed by atoms with Crippen LogP contribution in [0.2, 0.25) is 0 Å². The Kier molecular flexibility index (Phi) is 8.01. The van der Waals surface area contributed by atoms with Crippen molar-refractivity contribution in [3.05, 3.63) is 138 Å². The molecule has 1 aromatic heterocycles. The molecule has 0 atom stereocenters. The Morgan fingerprint density at radius 3 is 2.02 bits per heavy atom. The second-order valence-electron chi connectivity index (χ2n) is 14.6. The van der Waals surface area contributed by atoms with Crippen molar-refractivity contribution in [1.82, 2.24) is 4.98 Å². The molecular formula is C44H40N2OS. The van der Waals surface area contributed by atoms with Crippen LogP contribution in [-0.4, -0.2) is 16.3 Å². The second-order valence-corrected chi connectivity index (χ2v) is 15.6. The molecule has 0 radical (unpaired) electrons. The minimum absolute atomic E-state index is 0.0664. The number of hydrogen-bond acceptors (Lipinski definition) is 4. The fraction of sp³-hybridized carbons (Fsp3) is 0.182. The Bertz CT molecular complexity index is 2320. The lowest BCUT2D eigenvalue weighted by molar-refractivity contribution is 0.444. The molecule has 0 aliphatic carbocycles. The molecule has 1 N–H and O–H groups in total. The number of hydrogen-bond donors (Lipinski definition) is 1. The van der Waals surface area contributed by atoms with Crippen molar-refractivity contribution in [3.8, 4) is 38.6 Å². The van der Waals surface area contributed by atoms with Crippen molar-refractivity contribution < 1.29 is 5.11 Å². The zero-order valence-corrected chi connectivity index (χ0v) is 29.2. The van der Waals surface area contributed by atoms with Gasteiger partial charge in [-0.2, -0.15) is 0 Å². The van der Waals surface area contributed by atoms with Crippen LogP contribution < -0.4 is 0 Å². The fourth-order valence-corrected chi connectivity index (χ4v) is 7.21. The number of nitrogens with zero attached hydrogens (tertiary/aromatic N) is 2. The summed E-state index contributed by atoms with van der Waals surface area (Å²) >= 11 is 1.68. The minimum atomic E-state index is -0.208. The molecule has 0 bridgehead atoms. The zero-order valence-electron chi connectivity index (χ0n) is 28.4. The lowest BCUT2D eigenvalue weighted by Crippen LogP contribution is -2.17. The molecule has 6 aromatic carbocycles. The molecule has 48 heavy (non-hydrogen) atoms. The maximum atomic E-state index is 11.3. The van der Waals surface area contributed by atoms with Crippen molar-refractivity contribution >= 4 is 44.2 Å². The first-order chi connectivity index (χ1) is 23.0. The van der Waals surface area contributed by atoms with Crippen molar-refractivity contribution in [2.45, 2.75) is 52.4 Å². The number of para-hydroxylation sites is 2. The monoisotopic (exact) mass is 644 g/mol. The van der Waals surface area contributed by atoms with E-state index in [1.807, 2.05) is 24.3 Å². The van der Waals surface area contributed by atoms with Gasteiger partial charge in [0.1, 0.15) is 10.8 Å². The Labute approximate surface area is 287 Å². The van der Waals surface area contributed by atoms with Gasteiger partial charge in [0.2, 0.25) is 0 Å². The van der Waals surface area contributed by atoms with Gasteiger partial charge < -0.3 is 5.11 Å². The Balaban J connectivity index is 1.26. The summed E-state index contributed by atoms with van der Waals surface area (Å²) in [6, 6.07) is 42.6. The molecule has 0 fully saturated rings. The number of thiazole rings is 1. The number of aromatic nitrogens is 1. The molecule has 0 saturated heterocycles. The quantitative estimate of drug-likeness (QED) is 0.190. The summed E-state index contributed by atoms with van der Waals surface area (Å²) in [6.45, 7) is 13.0. The van der Waals surface area contributed by atoms with E-state index >= 15 is 0 Å². The number of benzene rings is 6. The van der Waals surface area contributed by atoms with Gasteiger partial charge in [0.15, 0.2) is 0 Å². The van der Waals surface area contributed by atoms with Crippen LogP contribution in [0.1, 0.15) is 58.2 Å². The number of aliphatic imine (C=N–C) groups is 1. The molecule has 1 heterocycles. The smallest absolute Gasteiger partial charge is 0.128 e. The maximum absolute atomic E-state index is 11.3. The van der Waals surface area contributed by atoms with Crippen LogP contribution in [0.3, 0.4) is 0 Å². The summed E-state index contributed by atoms with van der Waals surface area (Å²) < 4.78 is 1.13. The molecule has 4 heteroatoms. The first-order valence-corrected chi connectivity index (χ1v) is 17.3. The lowest BCUT2D eigenvalue weighted by Gasteiger charge is -2.27. The molecule has 0 saturated carbocycles. The average Bonchev–Trinajstić information content (AvgIpc) is 3.51. The highest BCUT2D eigenvalue weighted by atomic mass is 32.1. The van der Waals surface area contributed by atoms with E-state index < -0.39 is 0 Å². The molecule has 0 unspecified atom stereocenters. The highest BCUT2D eigenvalue weighted by Gasteiger charge is 2.24. The van der Waals surface area contributed by atoms with Crippen molar-refractivity contribution in [2.24, 2.45) is 4.99 Å². The van der Waals surface area contributed by atoms with E-state index in [2.05, 4.69) is 139 Å². The summed E-state index contributed by atoms with van der Waals surface area (Å²) in [5.74, 6) is 0.285. The van der Waals surface area contributed by atoms with Crippen molar-refractivity contribution in [3.63, 3.8) is 0 Å². The average molecular weight is 645 g/mol. The first kappa shape index (κ1) is 31.5. The molecule has 0 aliphatic heterocycles. The number of aromatic hydroxyl groups is 1. The third-order valence-electron chi connectivity index (χ3n) is 8.97. The summed E-state index contributed by atoms with van der Waals surface area (Å²) in [6.07, 6.45) is 1.80. The lowest BCUT2D eigenvalue weighted by atomic mass is 9.79. The largest absolute Gasteiger partial charge is 0.507 e. The Morgan fingerprint density at radius 2 is 1.29 bits per heavy atom. The molecule has 0 aliphatic rings. The Hall–Kier alpha value is -5.06. The molecule has 7 aromatic rings. The number of phenols is 1. The van der Waals surface area contributed by atoms with Crippen LogP contribution in [0.25, 0.3) is 53.8 Å². The van der Waals surface area contributed by atoms with Gasteiger partial charge in [0.05, 0.1) is 15.9 Å². The summed E-state index contributed by atoms with van der Waals surface area (Å²) in [7, 11) is 0. The van der Waals surface area contributed by atoms with Gasteiger partial charge in [0, 0.05) is 28.5 Å². The van der Waals surface area contributed by atoms with Crippen LogP contribution in [0.15, 0.2) is 126 Å². The van der Waals surface area contributed by atoms with Gasteiger partial charge in [0.25, 0.3) is 0 Å². The third-order valence-corrected chi connectivity index (χ3v) is 10.0. The van der Waals surface area contributed by atoms with Gasteiger partial charge in [-0.15, -0.1) is 11.3 Å². The molecule has 3 nitrogen and oxygen atoms in total. The predicted octanol–water partition coefficient (Wildman–Crippen LogP) is 12.5. The first-order valence-electron chi connectivity index (χ1n) is 16.5. The molecular weight excluding hydrogens is 605 g/mol.